The first-order chi connectivity index (χ1) is 15.5. The van der Waals surface area contributed by atoms with Gasteiger partial charge in [-0.1, -0.05) is 0 Å². The van der Waals surface area contributed by atoms with Crippen molar-refractivity contribution in [3.8, 4) is 11.5 Å². The fourth-order valence-corrected chi connectivity index (χ4v) is 3.08. The number of hydrogen-bond acceptors (Lipinski definition) is 4. The van der Waals surface area contributed by atoms with Crippen molar-refractivity contribution >= 4 is 34.5 Å². The minimum absolute atomic E-state index is 0.251. The van der Waals surface area contributed by atoms with Crippen LogP contribution in [0.3, 0.4) is 0 Å². The summed E-state index contributed by atoms with van der Waals surface area (Å²) in [6.07, 6.45) is 6.28. The summed E-state index contributed by atoms with van der Waals surface area (Å²) in [5, 5.41) is 6.10. The van der Waals surface area contributed by atoms with Crippen molar-refractivity contribution in [2.75, 3.05) is 12.4 Å². The maximum absolute atomic E-state index is 13.3. The molecule has 0 unspecified atom stereocenters. The molecule has 0 fully saturated rings. The van der Waals surface area contributed by atoms with E-state index >= 15 is 0 Å². The number of benzene rings is 2. The standard InChI is InChI=1S/C24H19FN4O3/c1-26-24(31)22-13-19(10-11-27-22)32-18-6-4-17(5-7-18)29-23(30)9-2-15-14-28-21-12-16(25)3-8-20(15)21/h2-14,28H,1H3,(H,26,31)(H,29,30)/b9-2+. The Bertz CT molecular complexity index is 1310. The zero-order valence-corrected chi connectivity index (χ0v) is 17.1. The molecule has 4 rings (SSSR count). The van der Waals surface area contributed by atoms with Gasteiger partial charge in [0.2, 0.25) is 5.91 Å². The number of hydrogen-bond donors (Lipinski definition) is 3. The molecule has 0 saturated carbocycles. The normalized spacial score (nSPS) is 10.9. The van der Waals surface area contributed by atoms with Gasteiger partial charge in [-0.25, -0.2) is 4.39 Å². The average molecular weight is 430 g/mol. The summed E-state index contributed by atoms with van der Waals surface area (Å²) >= 11 is 0. The van der Waals surface area contributed by atoms with E-state index in [1.807, 2.05) is 0 Å². The monoisotopic (exact) mass is 430 g/mol. The lowest BCUT2D eigenvalue weighted by Crippen LogP contribution is -2.18. The van der Waals surface area contributed by atoms with E-state index in [2.05, 4.69) is 20.6 Å². The SMILES string of the molecule is CNC(=O)c1cc(Oc2ccc(NC(=O)/C=C/c3c[nH]c4cc(F)ccc34)cc2)ccn1. The zero-order valence-electron chi connectivity index (χ0n) is 17.1. The smallest absolute Gasteiger partial charge is 0.269 e. The largest absolute Gasteiger partial charge is 0.457 e. The molecule has 0 aliphatic heterocycles. The van der Waals surface area contributed by atoms with Gasteiger partial charge in [-0.05, 0) is 60.2 Å². The molecule has 160 valence electrons. The Morgan fingerprint density at radius 1 is 1.06 bits per heavy atom. The number of anilines is 1. The first kappa shape index (κ1) is 20.8. The molecule has 0 aliphatic rings. The quantitative estimate of drug-likeness (QED) is 0.392. The highest BCUT2D eigenvalue weighted by Gasteiger charge is 2.07. The molecule has 7 nitrogen and oxygen atoms in total. The van der Waals surface area contributed by atoms with Crippen LogP contribution in [0.1, 0.15) is 16.1 Å². The van der Waals surface area contributed by atoms with Crippen LogP contribution in [0, 0.1) is 5.82 Å². The molecule has 2 heterocycles. The highest BCUT2D eigenvalue weighted by molar-refractivity contribution is 6.03. The molecular formula is C24H19FN4O3. The maximum atomic E-state index is 13.3. The number of aromatic nitrogens is 2. The lowest BCUT2D eigenvalue weighted by Gasteiger charge is -2.08. The summed E-state index contributed by atoms with van der Waals surface area (Å²) in [5.41, 5.74) is 2.29. The van der Waals surface area contributed by atoms with Crippen LogP contribution >= 0.6 is 0 Å². The summed E-state index contributed by atoms with van der Waals surface area (Å²) in [7, 11) is 1.53. The molecule has 2 amide bonds. The van der Waals surface area contributed by atoms with Crippen molar-refractivity contribution in [1.82, 2.24) is 15.3 Å². The van der Waals surface area contributed by atoms with Crippen molar-refractivity contribution < 1.29 is 18.7 Å². The van der Waals surface area contributed by atoms with E-state index in [1.54, 1.807) is 54.7 Å². The van der Waals surface area contributed by atoms with Crippen LogP contribution in [0.15, 0.2) is 73.1 Å². The summed E-state index contributed by atoms with van der Waals surface area (Å²) in [6.45, 7) is 0. The van der Waals surface area contributed by atoms with E-state index in [1.165, 1.54) is 31.5 Å². The Balaban J connectivity index is 1.38. The molecule has 4 aromatic rings. The lowest BCUT2D eigenvalue weighted by molar-refractivity contribution is -0.111. The summed E-state index contributed by atoms with van der Waals surface area (Å²) in [6, 6.07) is 14.4. The van der Waals surface area contributed by atoms with Crippen LogP contribution < -0.4 is 15.4 Å². The molecule has 8 heteroatoms. The van der Waals surface area contributed by atoms with Crippen molar-refractivity contribution in [2.24, 2.45) is 0 Å². The second kappa shape index (κ2) is 9.13. The molecule has 2 aromatic heterocycles. The molecular weight excluding hydrogens is 411 g/mol. The van der Waals surface area contributed by atoms with Gasteiger partial charge in [0.05, 0.1) is 0 Å². The number of aromatic amines is 1. The Morgan fingerprint density at radius 3 is 2.66 bits per heavy atom. The molecule has 0 saturated heterocycles. The van der Waals surface area contributed by atoms with E-state index in [4.69, 9.17) is 4.74 Å². The third-order valence-electron chi connectivity index (χ3n) is 4.64. The Kier molecular flexibility index (Phi) is 5.94. The highest BCUT2D eigenvalue weighted by atomic mass is 19.1. The van der Waals surface area contributed by atoms with E-state index in [9.17, 15) is 14.0 Å². The number of halogens is 1. The molecule has 2 aromatic carbocycles. The van der Waals surface area contributed by atoms with Crippen molar-refractivity contribution in [2.45, 2.75) is 0 Å². The van der Waals surface area contributed by atoms with E-state index < -0.39 is 0 Å². The molecule has 32 heavy (non-hydrogen) atoms. The number of carbonyl (C=O) groups is 2. The van der Waals surface area contributed by atoms with Gasteiger partial charge >= 0.3 is 0 Å². The molecule has 0 spiro atoms. The number of rotatable bonds is 6. The van der Waals surface area contributed by atoms with E-state index in [0.717, 1.165) is 10.9 Å². The van der Waals surface area contributed by atoms with E-state index in [0.29, 0.717) is 22.7 Å². The predicted octanol–water partition coefficient (Wildman–Crippen LogP) is 4.51. The van der Waals surface area contributed by atoms with Gasteiger partial charge in [0.25, 0.3) is 5.91 Å². The van der Waals surface area contributed by atoms with Gasteiger partial charge in [0.1, 0.15) is 23.0 Å². The van der Waals surface area contributed by atoms with Crippen molar-refractivity contribution in [1.29, 1.82) is 0 Å². The topological polar surface area (TPSA) is 96.1 Å². The highest BCUT2D eigenvalue weighted by Crippen LogP contribution is 2.24. The molecule has 0 aliphatic carbocycles. The molecule has 0 radical (unpaired) electrons. The summed E-state index contributed by atoms with van der Waals surface area (Å²) < 4.78 is 19.0. The van der Waals surface area contributed by atoms with Crippen LogP contribution in [0.2, 0.25) is 0 Å². The van der Waals surface area contributed by atoms with Crippen LogP contribution in [0.25, 0.3) is 17.0 Å². The number of H-pyrrole nitrogens is 1. The Labute approximate surface area is 182 Å². The fraction of sp³-hybridized carbons (Fsp3) is 0.0417. The van der Waals surface area contributed by atoms with Crippen molar-refractivity contribution in [3.63, 3.8) is 0 Å². The maximum Gasteiger partial charge on any atom is 0.269 e. The summed E-state index contributed by atoms with van der Waals surface area (Å²) in [4.78, 5) is 30.9. The summed E-state index contributed by atoms with van der Waals surface area (Å²) in [5.74, 6) is 0.0762. The zero-order chi connectivity index (χ0) is 22.5. The second-order valence-corrected chi connectivity index (χ2v) is 6.84. The van der Waals surface area contributed by atoms with Gasteiger partial charge in [-0.3, -0.25) is 14.6 Å². The average Bonchev–Trinajstić information content (AvgIpc) is 3.20. The lowest BCUT2D eigenvalue weighted by atomic mass is 10.1. The van der Waals surface area contributed by atoms with Crippen LogP contribution in [-0.4, -0.2) is 28.8 Å². The minimum Gasteiger partial charge on any atom is -0.457 e. The number of ether oxygens (including phenoxy) is 1. The van der Waals surface area contributed by atoms with Gasteiger partial charge in [-0.2, -0.15) is 0 Å². The minimum atomic E-state index is -0.323. The third kappa shape index (κ3) is 4.81. The first-order valence-electron chi connectivity index (χ1n) is 9.73. The number of pyridine rings is 1. The van der Waals surface area contributed by atoms with Crippen LogP contribution in [0.5, 0.6) is 11.5 Å². The number of nitrogens with zero attached hydrogens (tertiary/aromatic N) is 1. The van der Waals surface area contributed by atoms with Crippen LogP contribution in [-0.2, 0) is 4.79 Å². The number of fused-ring (bicyclic) bond motifs is 1. The Hall–Kier alpha value is -4.46. The molecule has 0 atom stereocenters. The Morgan fingerprint density at radius 2 is 1.88 bits per heavy atom. The fourth-order valence-electron chi connectivity index (χ4n) is 3.08. The first-order valence-corrected chi connectivity index (χ1v) is 9.73. The van der Waals surface area contributed by atoms with Gasteiger partial charge in [0.15, 0.2) is 0 Å². The predicted molar refractivity (Wildman–Crippen MR) is 120 cm³/mol. The molecule has 0 bridgehead atoms. The third-order valence-corrected chi connectivity index (χ3v) is 4.64. The van der Waals surface area contributed by atoms with Gasteiger partial charge < -0.3 is 20.4 Å². The number of nitrogens with one attached hydrogen (secondary N) is 3. The van der Waals surface area contributed by atoms with Gasteiger partial charge in [0, 0.05) is 48.2 Å². The molecule has 3 N–H and O–H groups in total. The number of amides is 2. The number of carbonyl (C=O) groups excluding carboxylic acids is 2. The van der Waals surface area contributed by atoms with Crippen LogP contribution in [0.4, 0.5) is 10.1 Å². The van der Waals surface area contributed by atoms with Crippen molar-refractivity contribution in [3.05, 3.63) is 90.1 Å². The second-order valence-electron chi connectivity index (χ2n) is 6.84. The van der Waals surface area contributed by atoms with E-state index in [-0.39, 0.29) is 23.3 Å². The van der Waals surface area contributed by atoms with Gasteiger partial charge in [-0.15, -0.1) is 0 Å².